The molecule has 0 saturated heterocycles. The van der Waals surface area contributed by atoms with Gasteiger partial charge in [-0.25, -0.2) is 4.98 Å². The minimum atomic E-state index is -0.0972. The standard InChI is InChI=1S/C15H17N5O/c1-3-9-16-14-8-10-17-15(20-14)19-13-6-4-12(5-7-13)18-11(2)21/h3-8,10H,1,9H2,2H3,(H,18,21)(H2,16,17,19,20). The van der Waals surface area contributed by atoms with Crippen LogP contribution in [0.25, 0.3) is 0 Å². The van der Waals surface area contributed by atoms with E-state index in [1.54, 1.807) is 18.3 Å². The third-order valence-electron chi connectivity index (χ3n) is 2.54. The van der Waals surface area contributed by atoms with Crippen LogP contribution in [0.4, 0.5) is 23.1 Å². The van der Waals surface area contributed by atoms with Gasteiger partial charge in [-0.1, -0.05) is 6.08 Å². The van der Waals surface area contributed by atoms with Crippen molar-refractivity contribution >= 4 is 29.0 Å². The second kappa shape index (κ2) is 7.04. The fraction of sp³-hybridized carbons (Fsp3) is 0.133. The maximum absolute atomic E-state index is 11.0. The highest BCUT2D eigenvalue weighted by Gasteiger charge is 2.00. The smallest absolute Gasteiger partial charge is 0.229 e. The van der Waals surface area contributed by atoms with E-state index in [0.29, 0.717) is 12.5 Å². The largest absolute Gasteiger partial charge is 0.366 e. The molecule has 0 radical (unpaired) electrons. The van der Waals surface area contributed by atoms with Gasteiger partial charge in [-0.2, -0.15) is 4.98 Å². The monoisotopic (exact) mass is 283 g/mol. The fourth-order valence-electron chi connectivity index (χ4n) is 1.66. The summed E-state index contributed by atoms with van der Waals surface area (Å²) in [5.74, 6) is 1.12. The summed E-state index contributed by atoms with van der Waals surface area (Å²) in [4.78, 5) is 19.4. The van der Waals surface area contributed by atoms with E-state index in [4.69, 9.17) is 0 Å². The van der Waals surface area contributed by atoms with Crippen LogP contribution in [-0.2, 0) is 4.79 Å². The van der Waals surface area contributed by atoms with E-state index < -0.39 is 0 Å². The second-order valence-electron chi connectivity index (χ2n) is 4.32. The zero-order valence-electron chi connectivity index (χ0n) is 11.8. The van der Waals surface area contributed by atoms with Crippen molar-refractivity contribution in [1.82, 2.24) is 9.97 Å². The number of nitrogens with zero attached hydrogens (tertiary/aromatic N) is 2. The summed E-state index contributed by atoms with van der Waals surface area (Å²) >= 11 is 0. The quantitative estimate of drug-likeness (QED) is 0.710. The van der Waals surface area contributed by atoms with Crippen molar-refractivity contribution in [2.45, 2.75) is 6.92 Å². The molecular weight excluding hydrogens is 266 g/mol. The van der Waals surface area contributed by atoms with Gasteiger partial charge in [0.1, 0.15) is 5.82 Å². The number of benzene rings is 1. The number of amides is 1. The van der Waals surface area contributed by atoms with Crippen molar-refractivity contribution in [1.29, 1.82) is 0 Å². The van der Waals surface area contributed by atoms with E-state index in [-0.39, 0.29) is 5.91 Å². The molecule has 0 spiro atoms. The topological polar surface area (TPSA) is 78.9 Å². The Balaban J connectivity index is 2.03. The van der Waals surface area contributed by atoms with Gasteiger partial charge in [0.05, 0.1) is 0 Å². The van der Waals surface area contributed by atoms with Crippen LogP contribution in [0.1, 0.15) is 6.92 Å². The highest BCUT2D eigenvalue weighted by atomic mass is 16.1. The summed E-state index contributed by atoms with van der Waals surface area (Å²) in [6.45, 7) is 5.76. The lowest BCUT2D eigenvalue weighted by molar-refractivity contribution is -0.114. The summed E-state index contributed by atoms with van der Waals surface area (Å²) in [5.41, 5.74) is 1.58. The summed E-state index contributed by atoms with van der Waals surface area (Å²) in [5, 5.41) is 8.91. The van der Waals surface area contributed by atoms with E-state index in [1.807, 2.05) is 24.3 Å². The Morgan fingerprint density at radius 1 is 1.24 bits per heavy atom. The van der Waals surface area contributed by atoms with Crippen molar-refractivity contribution in [2.75, 3.05) is 22.5 Å². The molecule has 0 aliphatic carbocycles. The molecule has 0 unspecified atom stereocenters. The lowest BCUT2D eigenvalue weighted by Crippen LogP contribution is -2.06. The third-order valence-corrected chi connectivity index (χ3v) is 2.54. The number of carbonyl (C=O) groups is 1. The number of rotatable bonds is 6. The molecule has 2 rings (SSSR count). The minimum Gasteiger partial charge on any atom is -0.366 e. The summed E-state index contributed by atoms with van der Waals surface area (Å²) < 4.78 is 0. The minimum absolute atomic E-state index is 0.0972. The van der Waals surface area contributed by atoms with Crippen LogP contribution in [0.5, 0.6) is 0 Å². The molecule has 2 aromatic rings. The number of carbonyl (C=O) groups excluding carboxylic acids is 1. The predicted octanol–water partition coefficient (Wildman–Crippen LogP) is 2.78. The molecule has 0 bridgehead atoms. The van der Waals surface area contributed by atoms with Crippen LogP contribution in [0, 0.1) is 0 Å². The molecule has 0 aliphatic rings. The Labute approximate surface area is 123 Å². The first kappa shape index (κ1) is 14.5. The van der Waals surface area contributed by atoms with Gasteiger partial charge in [0.25, 0.3) is 0 Å². The van der Waals surface area contributed by atoms with Gasteiger partial charge in [0, 0.05) is 31.0 Å². The van der Waals surface area contributed by atoms with Crippen LogP contribution >= 0.6 is 0 Å². The Morgan fingerprint density at radius 3 is 2.62 bits per heavy atom. The average Bonchev–Trinajstić information content (AvgIpc) is 2.47. The van der Waals surface area contributed by atoms with E-state index in [2.05, 4.69) is 32.5 Å². The Hall–Kier alpha value is -2.89. The zero-order chi connectivity index (χ0) is 15.1. The number of hydrogen-bond acceptors (Lipinski definition) is 5. The van der Waals surface area contributed by atoms with E-state index in [1.165, 1.54) is 6.92 Å². The molecule has 1 aromatic carbocycles. The Kier molecular flexibility index (Phi) is 4.87. The molecule has 6 heteroatoms. The maximum atomic E-state index is 11.0. The molecule has 6 nitrogen and oxygen atoms in total. The van der Waals surface area contributed by atoms with Crippen LogP contribution in [0.2, 0.25) is 0 Å². The molecule has 1 amide bonds. The number of nitrogens with one attached hydrogen (secondary N) is 3. The van der Waals surface area contributed by atoms with Crippen molar-refractivity contribution in [3.8, 4) is 0 Å². The van der Waals surface area contributed by atoms with Gasteiger partial charge < -0.3 is 16.0 Å². The fourth-order valence-corrected chi connectivity index (χ4v) is 1.66. The molecule has 108 valence electrons. The predicted molar refractivity (Wildman–Crippen MR) is 84.7 cm³/mol. The number of anilines is 4. The molecule has 0 atom stereocenters. The van der Waals surface area contributed by atoms with Crippen LogP contribution in [-0.4, -0.2) is 22.4 Å². The highest BCUT2D eigenvalue weighted by Crippen LogP contribution is 2.17. The summed E-state index contributed by atoms with van der Waals surface area (Å²) in [7, 11) is 0. The van der Waals surface area contributed by atoms with Crippen molar-refractivity contribution in [2.24, 2.45) is 0 Å². The third kappa shape index (κ3) is 4.61. The molecule has 0 saturated carbocycles. The second-order valence-corrected chi connectivity index (χ2v) is 4.32. The van der Waals surface area contributed by atoms with Crippen molar-refractivity contribution in [3.63, 3.8) is 0 Å². The molecular formula is C15H17N5O. The first-order valence-corrected chi connectivity index (χ1v) is 6.50. The molecule has 0 aliphatic heterocycles. The van der Waals surface area contributed by atoms with Gasteiger partial charge in [0.15, 0.2) is 0 Å². The SMILES string of the molecule is C=CCNc1ccnc(Nc2ccc(NC(C)=O)cc2)n1. The van der Waals surface area contributed by atoms with Gasteiger partial charge in [-0.05, 0) is 30.3 Å². The van der Waals surface area contributed by atoms with Gasteiger partial charge in [-0.15, -0.1) is 6.58 Å². The Morgan fingerprint density at radius 2 is 1.95 bits per heavy atom. The lowest BCUT2D eigenvalue weighted by Gasteiger charge is -2.08. The number of aromatic nitrogens is 2. The molecule has 0 fully saturated rings. The van der Waals surface area contributed by atoms with Crippen LogP contribution < -0.4 is 16.0 Å². The highest BCUT2D eigenvalue weighted by molar-refractivity contribution is 5.88. The average molecular weight is 283 g/mol. The van der Waals surface area contributed by atoms with E-state index in [0.717, 1.165) is 17.2 Å². The van der Waals surface area contributed by atoms with Gasteiger partial charge in [-0.3, -0.25) is 4.79 Å². The van der Waals surface area contributed by atoms with Crippen LogP contribution in [0.3, 0.4) is 0 Å². The van der Waals surface area contributed by atoms with E-state index in [9.17, 15) is 4.79 Å². The first-order valence-electron chi connectivity index (χ1n) is 6.50. The van der Waals surface area contributed by atoms with E-state index >= 15 is 0 Å². The molecule has 3 N–H and O–H groups in total. The van der Waals surface area contributed by atoms with Gasteiger partial charge >= 0.3 is 0 Å². The zero-order valence-corrected chi connectivity index (χ0v) is 11.8. The molecule has 1 heterocycles. The van der Waals surface area contributed by atoms with Gasteiger partial charge in [0.2, 0.25) is 11.9 Å². The maximum Gasteiger partial charge on any atom is 0.229 e. The summed E-state index contributed by atoms with van der Waals surface area (Å²) in [6.07, 6.45) is 3.43. The summed E-state index contributed by atoms with van der Waals surface area (Å²) in [6, 6.07) is 9.10. The first-order chi connectivity index (χ1) is 10.2. The Bertz CT molecular complexity index is 624. The lowest BCUT2D eigenvalue weighted by atomic mass is 10.3. The normalized spacial score (nSPS) is 9.76. The molecule has 21 heavy (non-hydrogen) atoms. The molecule has 1 aromatic heterocycles. The number of hydrogen-bond donors (Lipinski definition) is 3. The van der Waals surface area contributed by atoms with Crippen LogP contribution in [0.15, 0.2) is 49.2 Å². The van der Waals surface area contributed by atoms with Crippen molar-refractivity contribution < 1.29 is 4.79 Å². The van der Waals surface area contributed by atoms with Crippen molar-refractivity contribution in [3.05, 3.63) is 49.2 Å².